The number of ether oxygens (including phenoxy) is 1. The van der Waals surface area contributed by atoms with Crippen LogP contribution < -0.4 is 5.73 Å². The first kappa shape index (κ1) is 12.5. The number of benzene rings is 1. The lowest BCUT2D eigenvalue weighted by molar-refractivity contribution is -0.0324. The lowest BCUT2D eigenvalue weighted by Crippen LogP contribution is -2.45. The number of nitrogens with zero attached hydrogens (tertiary/aromatic N) is 2. The number of hydrogen-bond donors (Lipinski definition) is 1. The van der Waals surface area contributed by atoms with Gasteiger partial charge in [-0.1, -0.05) is 24.3 Å². The summed E-state index contributed by atoms with van der Waals surface area (Å²) in [5.41, 5.74) is 8.46. The average Bonchev–Trinajstić information content (AvgIpc) is 2.46. The van der Waals surface area contributed by atoms with Crippen molar-refractivity contribution in [3.05, 3.63) is 42.1 Å². The minimum atomic E-state index is -0.138. The van der Waals surface area contributed by atoms with Crippen LogP contribution in [0.4, 0.5) is 0 Å². The van der Waals surface area contributed by atoms with Gasteiger partial charge < -0.3 is 15.4 Å². The molecule has 3 rings (SSSR count). The first-order valence-corrected chi connectivity index (χ1v) is 6.65. The fourth-order valence-electron chi connectivity index (χ4n) is 2.63. The standard InChI is InChI=1S/C15H19N3O/c1-18-8-9-19-13(10-18)14(16)12-6-2-4-11-5-3-7-17-15(11)12/h2-7,13-14H,8-10,16H2,1H3. The molecule has 1 aromatic carbocycles. The Labute approximate surface area is 113 Å². The molecule has 2 atom stereocenters. The fraction of sp³-hybridized carbons (Fsp3) is 0.400. The van der Waals surface area contributed by atoms with Crippen LogP contribution in [0.3, 0.4) is 0 Å². The summed E-state index contributed by atoms with van der Waals surface area (Å²) in [6.45, 7) is 2.58. The third kappa shape index (κ3) is 2.47. The van der Waals surface area contributed by atoms with Crippen LogP contribution in [0, 0.1) is 0 Å². The molecule has 2 unspecified atom stereocenters. The Morgan fingerprint density at radius 3 is 3.05 bits per heavy atom. The zero-order chi connectivity index (χ0) is 13.2. The highest BCUT2D eigenvalue weighted by Gasteiger charge is 2.26. The third-order valence-electron chi connectivity index (χ3n) is 3.72. The average molecular weight is 257 g/mol. The van der Waals surface area contributed by atoms with Crippen LogP contribution in [0.5, 0.6) is 0 Å². The van der Waals surface area contributed by atoms with Crippen molar-refractivity contribution in [2.75, 3.05) is 26.7 Å². The summed E-state index contributed by atoms with van der Waals surface area (Å²) in [7, 11) is 2.10. The monoisotopic (exact) mass is 257 g/mol. The van der Waals surface area contributed by atoms with E-state index in [1.165, 1.54) is 0 Å². The molecular formula is C15H19N3O. The van der Waals surface area contributed by atoms with Gasteiger partial charge in [0.2, 0.25) is 0 Å². The molecule has 0 saturated carbocycles. The highest BCUT2D eigenvalue weighted by molar-refractivity contribution is 5.82. The van der Waals surface area contributed by atoms with Gasteiger partial charge in [0.05, 0.1) is 24.3 Å². The predicted molar refractivity (Wildman–Crippen MR) is 75.9 cm³/mol. The second-order valence-electron chi connectivity index (χ2n) is 5.12. The molecule has 1 fully saturated rings. The van der Waals surface area contributed by atoms with E-state index in [2.05, 4.69) is 35.1 Å². The summed E-state index contributed by atoms with van der Waals surface area (Å²) in [5.74, 6) is 0. The number of para-hydroxylation sites is 1. The quantitative estimate of drug-likeness (QED) is 0.887. The molecule has 2 N–H and O–H groups in total. The maximum absolute atomic E-state index is 6.41. The van der Waals surface area contributed by atoms with E-state index in [1.54, 1.807) is 0 Å². The van der Waals surface area contributed by atoms with Gasteiger partial charge in [0.25, 0.3) is 0 Å². The van der Waals surface area contributed by atoms with E-state index < -0.39 is 0 Å². The zero-order valence-electron chi connectivity index (χ0n) is 11.1. The van der Waals surface area contributed by atoms with Crippen molar-refractivity contribution in [3.63, 3.8) is 0 Å². The molecule has 4 nitrogen and oxygen atoms in total. The molecule has 4 heteroatoms. The Bertz CT molecular complexity index is 567. The molecule has 1 aliphatic heterocycles. The molecule has 2 heterocycles. The summed E-state index contributed by atoms with van der Waals surface area (Å²) < 4.78 is 5.82. The first-order chi connectivity index (χ1) is 9.25. The minimum Gasteiger partial charge on any atom is -0.374 e. The van der Waals surface area contributed by atoms with Crippen molar-refractivity contribution in [2.24, 2.45) is 5.73 Å². The van der Waals surface area contributed by atoms with Crippen LogP contribution in [-0.4, -0.2) is 42.7 Å². The molecular weight excluding hydrogens is 238 g/mol. The van der Waals surface area contributed by atoms with Crippen molar-refractivity contribution >= 4 is 10.9 Å². The van der Waals surface area contributed by atoms with Gasteiger partial charge in [-0.15, -0.1) is 0 Å². The normalized spacial score (nSPS) is 22.5. The van der Waals surface area contributed by atoms with E-state index >= 15 is 0 Å². The van der Waals surface area contributed by atoms with Crippen molar-refractivity contribution < 1.29 is 4.74 Å². The molecule has 0 spiro atoms. The van der Waals surface area contributed by atoms with Gasteiger partial charge in [-0.25, -0.2) is 0 Å². The van der Waals surface area contributed by atoms with Crippen LogP contribution in [0.2, 0.25) is 0 Å². The number of fused-ring (bicyclic) bond motifs is 1. The molecule has 0 aliphatic carbocycles. The molecule has 100 valence electrons. The largest absolute Gasteiger partial charge is 0.374 e. The molecule has 1 aliphatic rings. The van der Waals surface area contributed by atoms with Crippen molar-refractivity contribution in [1.82, 2.24) is 9.88 Å². The predicted octanol–water partition coefficient (Wildman–Crippen LogP) is 1.57. The SMILES string of the molecule is CN1CCOC(C(N)c2cccc3cccnc23)C1. The molecule has 1 saturated heterocycles. The lowest BCUT2D eigenvalue weighted by atomic mass is 9.98. The van der Waals surface area contributed by atoms with E-state index in [4.69, 9.17) is 10.5 Å². The van der Waals surface area contributed by atoms with Gasteiger partial charge >= 0.3 is 0 Å². The van der Waals surface area contributed by atoms with Gasteiger partial charge in [-0.05, 0) is 18.7 Å². The van der Waals surface area contributed by atoms with Crippen LogP contribution in [0.25, 0.3) is 10.9 Å². The summed E-state index contributed by atoms with van der Waals surface area (Å²) >= 11 is 0. The molecule has 1 aromatic heterocycles. The first-order valence-electron chi connectivity index (χ1n) is 6.65. The van der Waals surface area contributed by atoms with E-state index in [0.29, 0.717) is 0 Å². The lowest BCUT2D eigenvalue weighted by Gasteiger charge is -2.33. The van der Waals surface area contributed by atoms with E-state index in [0.717, 1.165) is 36.2 Å². The molecule has 0 radical (unpaired) electrons. The second-order valence-corrected chi connectivity index (χ2v) is 5.12. The number of likely N-dealkylation sites (N-methyl/N-ethyl adjacent to an activating group) is 1. The maximum Gasteiger partial charge on any atom is 0.0895 e. The van der Waals surface area contributed by atoms with Gasteiger partial charge in [-0.2, -0.15) is 0 Å². The number of nitrogens with two attached hydrogens (primary N) is 1. The Hall–Kier alpha value is -1.49. The van der Waals surface area contributed by atoms with E-state index in [-0.39, 0.29) is 12.1 Å². The van der Waals surface area contributed by atoms with Crippen LogP contribution in [-0.2, 0) is 4.74 Å². The molecule has 0 amide bonds. The zero-order valence-corrected chi connectivity index (χ0v) is 11.1. The van der Waals surface area contributed by atoms with Crippen LogP contribution in [0.1, 0.15) is 11.6 Å². The number of pyridine rings is 1. The van der Waals surface area contributed by atoms with Crippen molar-refractivity contribution in [1.29, 1.82) is 0 Å². The van der Waals surface area contributed by atoms with Gasteiger partial charge in [-0.3, -0.25) is 4.98 Å². The van der Waals surface area contributed by atoms with Crippen LogP contribution in [0.15, 0.2) is 36.5 Å². The number of rotatable bonds is 2. The summed E-state index contributed by atoms with van der Waals surface area (Å²) in [6.07, 6.45) is 1.85. The van der Waals surface area contributed by atoms with E-state index in [9.17, 15) is 0 Å². The Kier molecular flexibility index (Phi) is 3.46. The number of aromatic nitrogens is 1. The highest BCUT2D eigenvalue weighted by Crippen LogP contribution is 2.25. The number of morpholine rings is 1. The summed E-state index contributed by atoms with van der Waals surface area (Å²) in [5, 5.41) is 1.12. The molecule has 2 aromatic rings. The van der Waals surface area contributed by atoms with Gasteiger partial charge in [0.1, 0.15) is 0 Å². The smallest absolute Gasteiger partial charge is 0.0895 e. The van der Waals surface area contributed by atoms with Crippen molar-refractivity contribution in [3.8, 4) is 0 Å². The summed E-state index contributed by atoms with van der Waals surface area (Å²) in [6, 6.07) is 10.0. The minimum absolute atomic E-state index is 0.0337. The Morgan fingerprint density at radius 2 is 2.21 bits per heavy atom. The van der Waals surface area contributed by atoms with Gasteiger partial charge in [0, 0.05) is 24.7 Å². The topological polar surface area (TPSA) is 51.4 Å². The second kappa shape index (κ2) is 5.25. The van der Waals surface area contributed by atoms with Crippen molar-refractivity contribution in [2.45, 2.75) is 12.1 Å². The highest BCUT2D eigenvalue weighted by atomic mass is 16.5. The molecule has 19 heavy (non-hydrogen) atoms. The Morgan fingerprint density at radius 1 is 1.37 bits per heavy atom. The van der Waals surface area contributed by atoms with E-state index in [1.807, 2.05) is 18.3 Å². The van der Waals surface area contributed by atoms with Gasteiger partial charge in [0.15, 0.2) is 0 Å². The molecule has 0 bridgehead atoms. The Balaban J connectivity index is 1.95. The third-order valence-corrected chi connectivity index (χ3v) is 3.72. The number of hydrogen-bond acceptors (Lipinski definition) is 4. The summed E-state index contributed by atoms with van der Waals surface area (Å²) in [4.78, 5) is 6.72. The van der Waals surface area contributed by atoms with Crippen LogP contribution >= 0.6 is 0 Å². The maximum atomic E-state index is 6.41. The fourth-order valence-corrected chi connectivity index (χ4v) is 2.63.